The number of hydrogen-bond acceptors (Lipinski definition) is 2. The number of carbonyl (C=O) groups is 1. The number of rotatable bonds is 10. The molecule has 3 heteroatoms. The Morgan fingerprint density at radius 2 is 1.43 bits per heavy atom. The van der Waals surface area contributed by atoms with Crippen LogP contribution in [0, 0.1) is 0 Å². The summed E-state index contributed by atoms with van der Waals surface area (Å²) in [5.74, 6) is -0.434. The van der Waals surface area contributed by atoms with Crippen molar-refractivity contribution in [2.75, 3.05) is 0 Å². The van der Waals surface area contributed by atoms with E-state index in [2.05, 4.69) is 13.8 Å². The summed E-state index contributed by atoms with van der Waals surface area (Å²) in [6, 6.07) is 3.73. The summed E-state index contributed by atoms with van der Waals surface area (Å²) >= 11 is 0. The lowest BCUT2D eigenvalue weighted by atomic mass is 9.95. The van der Waals surface area contributed by atoms with Gasteiger partial charge in [-0.3, -0.25) is 4.79 Å². The Labute approximate surface area is 128 Å². The molecule has 0 amide bonds. The molecule has 0 saturated carbocycles. The number of phenolic OH excluding ortho intramolecular Hbond substituents is 1. The molecule has 0 aliphatic heterocycles. The molecule has 0 heterocycles. The molecular formula is C18H28O3. The highest BCUT2D eigenvalue weighted by Gasteiger charge is 2.11. The molecule has 0 spiro atoms. The SMILES string of the molecule is CCCCCc1cc(CC(=O)O)cc(CCCCC)c1O. The van der Waals surface area contributed by atoms with Crippen molar-refractivity contribution in [3.05, 3.63) is 28.8 Å². The van der Waals surface area contributed by atoms with Gasteiger partial charge in [0.15, 0.2) is 0 Å². The number of unbranched alkanes of at least 4 members (excludes halogenated alkanes) is 4. The van der Waals surface area contributed by atoms with Crippen LogP contribution in [-0.2, 0) is 24.1 Å². The molecule has 0 aromatic heterocycles. The Morgan fingerprint density at radius 3 is 1.81 bits per heavy atom. The van der Waals surface area contributed by atoms with Gasteiger partial charge in [-0.15, -0.1) is 0 Å². The van der Waals surface area contributed by atoms with Crippen molar-refractivity contribution in [1.29, 1.82) is 0 Å². The van der Waals surface area contributed by atoms with Gasteiger partial charge in [-0.2, -0.15) is 0 Å². The van der Waals surface area contributed by atoms with Crippen molar-refractivity contribution in [2.24, 2.45) is 0 Å². The molecule has 0 bridgehead atoms. The fourth-order valence-corrected chi connectivity index (χ4v) is 2.62. The van der Waals surface area contributed by atoms with E-state index in [1.165, 1.54) is 0 Å². The fraction of sp³-hybridized carbons (Fsp3) is 0.611. The number of aryl methyl sites for hydroxylation is 2. The number of benzene rings is 1. The smallest absolute Gasteiger partial charge is 0.307 e. The van der Waals surface area contributed by atoms with Crippen LogP contribution in [0.25, 0.3) is 0 Å². The van der Waals surface area contributed by atoms with Crippen LogP contribution >= 0.6 is 0 Å². The first-order valence-corrected chi connectivity index (χ1v) is 8.13. The Hall–Kier alpha value is -1.51. The van der Waals surface area contributed by atoms with Crippen LogP contribution in [0.15, 0.2) is 12.1 Å². The molecule has 21 heavy (non-hydrogen) atoms. The lowest BCUT2D eigenvalue weighted by Gasteiger charge is -2.12. The van der Waals surface area contributed by atoms with E-state index in [-0.39, 0.29) is 6.42 Å². The lowest BCUT2D eigenvalue weighted by Crippen LogP contribution is -2.03. The van der Waals surface area contributed by atoms with Gasteiger partial charge in [-0.25, -0.2) is 0 Å². The number of carboxylic acids is 1. The summed E-state index contributed by atoms with van der Waals surface area (Å²) in [7, 11) is 0. The zero-order valence-electron chi connectivity index (χ0n) is 13.3. The second kappa shape index (κ2) is 9.43. The molecule has 0 unspecified atom stereocenters. The van der Waals surface area contributed by atoms with Crippen molar-refractivity contribution < 1.29 is 15.0 Å². The van der Waals surface area contributed by atoms with Crippen LogP contribution < -0.4 is 0 Å². The van der Waals surface area contributed by atoms with Crippen molar-refractivity contribution in [1.82, 2.24) is 0 Å². The van der Waals surface area contributed by atoms with Gasteiger partial charge in [-0.05, 0) is 42.4 Å². The maximum absolute atomic E-state index is 10.9. The van der Waals surface area contributed by atoms with Crippen LogP contribution in [0.4, 0.5) is 0 Å². The number of aromatic hydroxyl groups is 1. The largest absolute Gasteiger partial charge is 0.507 e. The van der Waals surface area contributed by atoms with E-state index in [1.54, 1.807) is 0 Å². The standard InChI is InChI=1S/C18H28O3/c1-3-5-7-9-15-11-14(13-17(19)20)12-16(18(15)21)10-8-6-4-2/h11-12,21H,3-10,13H2,1-2H3,(H,19,20). The zero-order chi connectivity index (χ0) is 15.7. The van der Waals surface area contributed by atoms with Gasteiger partial charge >= 0.3 is 5.97 Å². The first-order chi connectivity index (χ1) is 10.1. The predicted molar refractivity (Wildman–Crippen MR) is 85.9 cm³/mol. The second-order valence-corrected chi connectivity index (χ2v) is 5.75. The molecule has 0 saturated heterocycles. The highest BCUT2D eigenvalue weighted by molar-refractivity contribution is 5.70. The van der Waals surface area contributed by atoms with Crippen molar-refractivity contribution in [2.45, 2.75) is 71.6 Å². The average Bonchev–Trinajstić information content (AvgIpc) is 2.43. The molecule has 2 N–H and O–H groups in total. The van der Waals surface area contributed by atoms with Gasteiger partial charge < -0.3 is 10.2 Å². The Kier molecular flexibility index (Phi) is 7.88. The summed E-state index contributed by atoms with van der Waals surface area (Å²) in [5.41, 5.74) is 2.63. The minimum absolute atomic E-state index is 0.0296. The van der Waals surface area contributed by atoms with Gasteiger partial charge in [0, 0.05) is 0 Å². The van der Waals surface area contributed by atoms with E-state index in [1.807, 2.05) is 12.1 Å². The molecule has 0 aliphatic carbocycles. The molecule has 1 aromatic carbocycles. The minimum atomic E-state index is -0.820. The maximum Gasteiger partial charge on any atom is 0.307 e. The molecule has 118 valence electrons. The van der Waals surface area contributed by atoms with Gasteiger partial charge in [0.05, 0.1) is 6.42 Å². The maximum atomic E-state index is 10.9. The molecule has 0 atom stereocenters. The van der Waals surface area contributed by atoms with E-state index in [0.717, 1.165) is 68.1 Å². The number of carboxylic acid groups (broad SMARTS) is 1. The molecule has 0 fully saturated rings. The van der Waals surface area contributed by atoms with E-state index in [0.29, 0.717) is 5.75 Å². The predicted octanol–water partition coefficient (Wildman–Crippen LogP) is 4.48. The minimum Gasteiger partial charge on any atom is -0.507 e. The molecule has 3 nitrogen and oxygen atoms in total. The van der Waals surface area contributed by atoms with Crippen LogP contribution in [0.1, 0.15) is 69.1 Å². The topological polar surface area (TPSA) is 57.5 Å². The molecule has 0 radical (unpaired) electrons. The van der Waals surface area contributed by atoms with Crippen LogP contribution in [0.3, 0.4) is 0 Å². The number of hydrogen-bond donors (Lipinski definition) is 2. The van der Waals surface area contributed by atoms with E-state index in [9.17, 15) is 9.90 Å². The quantitative estimate of drug-likeness (QED) is 0.625. The summed E-state index contributed by atoms with van der Waals surface area (Å²) < 4.78 is 0. The van der Waals surface area contributed by atoms with E-state index >= 15 is 0 Å². The van der Waals surface area contributed by atoms with E-state index < -0.39 is 5.97 Å². The van der Waals surface area contributed by atoms with E-state index in [4.69, 9.17) is 5.11 Å². The van der Waals surface area contributed by atoms with Crippen LogP contribution in [0.5, 0.6) is 5.75 Å². The molecule has 1 rings (SSSR count). The highest BCUT2D eigenvalue weighted by Crippen LogP contribution is 2.28. The summed E-state index contributed by atoms with van der Waals surface area (Å²) in [6.07, 6.45) is 8.30. The second-order valence-electron chi connectivity index (χ2n) is 5.75. The third-order valence-electron chi connectivity index (χ3n) is 3.78. The zero-order valence-corrected chi connectivity index (χ0v) is 13.3. The Morgan fingerprint density at radius 1 is 0.952 bits per heavy atom. The third-order valence-corrected chi connectivity index (χ3v) is 3.78. The highest BCUT2D eigenvalue weighted by atomic mass is 16.4. The van der Waals surface area contributed by atoms with Gasteiger partial charge in [0.25, 0.3) is 0 Å². The van der Waals surface area contributed by atoms with Gasteiger partial charge in [0.1, 0.15) is 5.75 Å². The molecular weight excluding hydrogens is 264 g/mol. The fourth-order valence-electron chi connectivity index (χ4n) is 2.62. The monoisotopic (exact) mass is 292 g/mol. The van der Waals surface area contributed by atoms with Crippen molar-refractivity contribution >= 4 is 5.97 Å². The normalized spacial score (nSPS) is 10.8. The first kappa shape index (κ1) is 17.5. The van der Waals surface area contributed by atoms with Gasteiger partial charge in [-0.1, -0.05) is 51.7 Å². The number of aliphatic carboxylic acids is 1. The molecule has 1 aromatic rings. The Balaban J connectivity index is 2.91. The van der Waals surface area contributed by atoms with Crippen LogP contribution in [0.2, 0.25) is 0 Å². The lowest BCUT2D eigenvalue weighted by molar-refractivity contribution is -0.136. The Bertz CT molecular complexity index is 421. The van der Waals surface area contributed by atoms with Crippen molar-refractivity contribution in [3.8, 4) is 5.75 Å². The molecule has 0 aliphatic rings. The third kappa shape index (κ3) is 6.19. The summed E-state index contributed by atoms with van der Waals surface area (Å²) in [5, 5.41) is 19.4. The summed E-state index contributed by atoms with van der Waals surface area (Å²) in [4.78, 5) is 10.9. The summed E-state index contributed by atoms with van der Waals surface area (Å²) in [6.45, 7) is 4.30. The van der Waals surface area contributed by atoms with Gasteiger partial charge in [0.2, 0.25) is 0 Å². The number of phenols is 1. The average molecular weight is 292 g/mol. The van der Waals surface area contributed by atoms with Crippen molar-refractivity contribution in [3.63, 3.8) is 0 Å². The first-order valence-electron chi connectivity index (χ1n) is 8.13. The van der Waals surface area contributed by atoms with Crippen LogP contribution in [-0.4, -0.2) is 16.2 Å².